The minimum atomic E-state index is -1.00. The van der Waals surface area contributed by atoms with E-state index in [1.165, 1.54) is 12.1 Å². The summed E-state index contributed by atoms with van der Waals surface area (Å²) in [4.78, 5) is 12.3. The summed E-state index contributed by atoms with van der Waals surface area (Å²) in [7, 11) is 0. The van der Waals surface area contributed by atoms with Gasteiger partial charge >= 0.3 is 0 Å². The van der Waals surface area contributed by atoms with E-state index in [-0.39, 0.29) is 22.7 Å². The van der Waals surface area contributed by atoms with Crippen molar-refractivity contribution in [3.8, 4) is 0 Å². The minimum absolute atomic E-state index is 0.0933. The van der Waals surface area contributed by atoms with Gasteiger partial charge in [0.15, 0.2) is 17.4 Å². The fraction of sp³-hybridized carbons (Fsp3) is 0.588. The average Bonchev–Trinajstić information content (AvgIpc) is 2.40. The van der Waals surface area contributed by atoms with Crippen LogP contribution >= 0.6 is 0 Å². The molecule has 0 bridgehead atoms. The molecule has 20 heavy (non-hydrogen) atoms. The van der Waals surface area contributed by atoms with E-state index in [1.807, 2.05) is 0 Å². The summed E-state index contributed by atoms with van der Waals surface area (Å²) in [6.07, 6.45) is 3.52. The van der Waals surface area contributed by atoms with Crippen LogP contribution in [-0.2, 0) is 0 Å². The predicted octanol–water partition coefficient (Wildman–Crippen LogP) is 5.00. The molecule has 1 saturated carbocycles. The summed E-state index contributed by atoms with van der Waals surface area (Å²) < 4.78 is 26.9. The molecule has 1 nitrogen and oxygen atoms in total. The van der Waals surface area contributed by atoms with Crippen molar-refractivity contribution < 1.29 is 13.6 Å². The van der Waals surface area contributed by atoms with Crippen LogP contribution < -0.4 is 0 Å². The van der Waals surface area contributed by atoms with E-state index in [9.17, 15) is 13.6 Å². The molecule has 1 fully saturated rings. The SMILES string of the molecule is CC(C)(C)C1CCC(C(=O)c2cccc(F)c2F)CC1. The molecule has 1 aliphatic carbocycles. The van der Waals surface area contributed by atoms with Crippen LogP contribution in [0.4, 0.5) is 8.78 Å². The molecule has 0 aliphatic heterocycles. The highest BCUT2D eigenvalue weighted by molar-refractivity contribution is 5.98. The van der Waals surface area contributed by atoms with E-state index >= 15 is 0 Å². The quantitative estimate of drug-likeness (QED) is 0.697. The normalized spacial score (nSPS) is 23.6. The molecule has 0 spiro atoms. The standard InChI is InChI=1S/C17H22F2O/c1-17(2,3)12-9-7-11(8-10-12)16(20)13-5-4-6-14(18)15(13)19/h4-6,11-12H,7-10H2,1-3H3. The molecule has 1 aliphatic rings. The average molecular weight is 280 g/mol. The van der Waals surface area contributed by atoms with Gasteiger partial charge in [-0.2, -0.15) is 0 Å². The fourth-order valence-corrected chi connectivity index (χ4v) is 3.14. The lowest BCUT2D eigenvalue weighted by molar-refractivity contribution is 0.0814. The molecule has 1 aromatic rings. The first kappa shape index (κ1) is 15.1. The number of benzene rings is 1. The second kappa shape index (κ2) is 5.63. The van der Waals surface area contributed by atoms with Crippen LogP contribution in [0.1, 0.15) is 56.8 Å². The van der Waals surface area contributed by atoms with E-state index in [0.717, 1.165) is 31.7 Å². The van der Waals surface area contributed by atoms with Crippen molar-refractivity contribution in [2.24, 2.45) is 17.3 Å². The summed E-state index contributed by atoms with van der Waals surface area (Å²) in [6, 6.07) is 3.83. The maximum atomic E-state index is 13.7. The summed E-state index contributed by atoms with van der Waals surface area (Å²) >= 11 is 0. The van der Waals surface area contributed by atoms with Crippen LogP contribution in [0.25, 0.3) is 0 Å². The first-order valence-corrected chi connectivity index (χ1v) is 7.29. The molecule has 3 heteroatoms. The Kier molecular flexibility index (Phi) is 4.26. The zero-order valence-corrected chi connectivity index (χ0v) is 12.4. The van der Waals surface area contributed by atoms with Crippen LogP contribution in [0.3, 0.4) is 0 Å². The molecular formula is C17H22F2O. The number of rotatable bonds is 2. The largest absolute Gasteiger partial charge is 0.294 e. The van der Waals surface area contributed by atoms with Gasteiger partial charge in [-0.05, 0) is 49.1 Å². The molecule has 1 aromatic carbocycles. The van der Waals surface area contributed by atoms with Gasteiger partial charge in [0.05, 0.1) is 5.56 Å². The van der Waals surface area contributed by atoms with Crippen LogP contribution in [0.15, 0.2) is 18.2 Å². The monoisotopic (exact) mass is 280 g/mol. The van der Waals surface area contributed by atoms with E-state index < -0.39 is 11.6 Å². The highest BCUT2D eigenvalue weighted by atomic mass is 19.2. The lowest BCUT2D eigenvalue weighted by atomic mass is 9.69. The molecular weight excluding hydrogens is 258 g/mol. The molecule has 0 N–H and O–H groups in total. The molecule has 110 valence electrons. The summed E-state index contributed by atoms with van der Waals surface area (Å²) in [5.74, 6) is -1.75. The topological polar surface area (TPSA) is 17.1 Å². The number of hydrogen-bond acceptors (Lipinski definition) is 1. The van der Waals surface area contributed by atoms with Gasteiger partial charge in [-0.25, -0.2) is 8.78 Å². The molecule has 0 heterocycles. The van der Waals surface area contributed by atoms with Gasteiger partial charge in [0.1, 0.15) is 0 Å². The number of carbonyl (C=O) groups excluding carboxylic acids is 1. The van der Waals surface area contributed by atoms with Crippen LogP contribution in [0, 0.1) is 28.9 Å². The molecule has 0 amide bonds. The Bertz CT molecular complexity index is 494. The van der Waals surface area contributed by atoms with Crippen molar-refractivity contribution in [2.45, 2.75) is 46.5 Å². The van der Waals surface area contributed by atoms with Gasteiger partial charge in [0, 0.05) is 5.92 Å². The third kappa shape index (κ3) is 3.08. The predicted molar refractivity (Wildman–Crippen MR) is 75.6 cm³/mol. The van der Waals surface area contributed by atoms with Gasteiger partial charge in [0.25, 0.3) is 0 Å². The van der Waals surface area contributed by atoms with Crippen molar-refractivity contribution in [2.75, 3.05) is 0 Å². The number of ketones is 1. The zero-order valence-electron chi connectivity index (χ0n) is 12.4. The van der Waals surface area contributed by atoms with E-state index in [4.69, 9.17) is 0 Å². The summed E-state index contributed by atoms with van der Waals surface area (Å²) in [5.41, 5.74) is 0.155. The zero-order chi connectivity index (χ0) is 14.9. The molecule has 0 radical (unpaired) electrons. The molecule has 0 atom stereocenters. The van der Waals surface area contributed by atoms with E-state index in [2.05, 4.69) is 20.8 Å². The van der Waals surface area contributed by atoms with Crippen molar-refractivity contribution in [1.82, 2.24) is 0 Å². The summed E-state index contributed by atoms with van der Waals surface area (Å²) in [6.45, 7) is 6.64. The van der Waals surface area contributed by atoms with E-state index in [1.54, 1.807) is 0 Å². The van der Waals surface area contributed by atoms with Gasteiger partial charge in [-0.15, -0.1) is 0 Å². The van der Waals surface area contributed by atoms with Crippen LogP contribution in [0.2, 0.25) is 0 Å². The minimum Gasteiger partial charge on any atom is -0.294 e. The Labute approximate surface area is 119 Å². The fourth-order valence-electron chi connectivity index (χ4n) is 3.14. The number of halogens is 2. The van der Waals surface area contributed by atoms with Gasteiger partial charge < -0.3 is 0 Å². The molecule has 2 rings (SSSR count). The van der Waals surface area contributed by atoms with Crippen molar-refractivity contribution in [1.29, 1.82) is 0 Å². The summed E-state index contributed by atoms with van der Waals surface area (Å²) in [5, 5.41) is 0. The maximum absolute atomic E-state index is 13.7. The van der Waals surface area contributed by atoms with Gasteiger partial charge in [0.2, 0.25) is 0 Å². The van der Waals surface area contributed by atoms with E-state index in [0.29, 0.717) is 5.92 Å². The Morgan fingerprint density at radius 1 is 1.10 bits per heavy atom. The number of carbonyl (C=O) groups is 1. The maximum Gasteiger partial charge on any atom is 0.169 e. The van der Waals surface area contributed by atoms with Crippen LogP contribution in [0.5, 0.6) is 0 Å². The molecule has 0 unspecified atom stereocenters. The third-order valence-corrected chi connectivity index (χ3v) is 4.54. The second-order valence-corrected chi connectivity index (χ2v) is 6.88. The highest BCUT2D eigenvalue weighted by Gasteiger charge is 2.33. The van der Waals surface area contributed by atoms with Crippen LogP contribution in [-0.4, -0.2) is 5.78 Å². The van der Waals surface area contributed by atoms with Crippen molar-refractivity contribution in [3.63, 3.8) is 0 Å². The van der Waals surface area contributed by atoms with Gasteiger partial charge in [-0.3, -0.25) is 4.79 Å². The third-order valence-electron chi connectivity index (χ3n) is 4.54. The van der Waals surface area contributed by atoms with Crippen molar-refractivity contribution in [3.05, 3.63) is 35.4 Å². The lowest BCUT2D eigenvalue weighted by Gasteiger charge is -2.36. The molecule has 0 aromatic heterocycles. The molecule has 0 saturated heterocycles. The Morgan fingerprint density at radius 3 is 2.25 bits per heavy atom. The number of Topliss-reactive ketones (excluding diaryl/α,β-unsaturated/α-hetero) is 1. The first-order chi connectivity index (χ1) is 9.30. The Balaban J connectivity index is 2.07. The smallest absolute Gasteiger partial charge is 0.169 e. The second-order valence-electron chi connectivity index (χ2n) is 6.88. The Morgan fingerprint density at radius 2 is 1.70 bits per heavy atom. The lowest BCUT2D eigenvalue weighted by Crippen LogP contribution is -2.29. The number of hydrogen-bond donors (Lipinski definition) is 0. The highest BCUT2D eigenvalue weighted by Crippen LogP contribution is 2.40. The van der Waals surface area contributed by atoms with Gasteiger partial charge in [-0.1, -0.05) is 26.8 Å². The Hall–Kier alpha value is -1.25. The first-order valence-electron chi connectivity index (χ1n) is 7.29. The van der Waals surface area contributed by atoms with Crippen molar-refractivity contribution >= 4 is 5.78 Å².